The van der Waals surface area contributed by atoms with E-state index in [4.69, 9.17) is 5.73 Å². The molecule has 0 aliphatic rings. The van der Waals surface area contributed by atoms with Gasteiger partial charge in [-0.25, -0.2) is 0 Å². The van der Waals surface area contributed by atoms with E-state index in [0.29, 0.717) is 18.4 Å². The summed E-state index contributed by atoms with van der Waals surface area (Å²) >= 11 is 6.93. The minimum Gasteiger partial charge on any atom is -0.428 e. The molecule has 0 saturated carbocycles. The number of hydrogen-bond donors (Lipinski definition) is 2. The van der Waals surface area contributed by atoms with Gasteiger partial charge in [0.1, 0.15) is 5.75 Å². The minimum absolute atomic E-state index is 0.347. The van der Waals surface area contributed by atoms with Crippen LogP contribution < -0.4 is 16.2 Å². The van der Waals surface area contributed by atoms with Crippen LogP contribution in [0.5, 0.6) is 5.75 Å². The summed E-state index contributed by atoms with van der Waals surface area (Å²) in [6.07, 6.45) is -7.27. The van der Waals surface area contributed by atoms with E-state index in [2.05, 4.69) is 42.3 Å². The van der Waals surface area contributed by atoms with Gasteiger partial charge in [0.2, 0.25) is 0 Å². The maximum absolute atomic E-state index is 13.0. The van der Waals surface area contributed by atoms with Crippen LogP contribution in [0.3, 0.4) is 0 Å². The highest BCUT2D eigenvalue weighted by molar-refractivity contribution is 9.11. The fourth-order valence-corrected chi connectivity index (χ4v) is 3.64. The predicted octanol–water partition coefficient (Wildman–Crippen LogP) is 5.66. The molecule has 2 aromatic carbocycles. The van der Waals surface area contributed by atoms with Crippen LogP contribution in [0.15, 0.2) is 51.4 Å². The van der Waals surface area contributed by atoms with E-state index >= 15 is 0 Å². The zero-order valence-corrected chi connectivity index (χ0v) is 17.6. The average molecular weight is 516 g/mol. The Morgan fingerprint density at radius 2 is 1.59 bits per heavy atom. The summed E-state index contributed by atoms with van der Waals surface area (Å²) in [5.74, 6) is -0.347. The van der Waals surface area contributed by atoms with Gasteiger partial charge in [0.15, 0.2) is 0 Å². The van der Waals surface area contributed by atoms with Crippen LogP contribution in [0.1, 0.15) is 23.6 Å². The van der Waals surface area contributed by atoms with E-state index < -0.39 is 18.6 Å². The molecule has 0 aromatic heterocycles. The van der Waals surface area contributed by atoms with E-state index in [1.54, 1.807) is 6.07 Å². The first kappa shape index (κ1) is 23.9. The molecule has 1 unspecified atom stereocenters. The Hall–Kier alpha value is -1.16. The van der Waals surface area contributed by atoms with E-state index in [0.717, 1.165) is 14.5 Å². The Labute approximate surface area is 172 Å². The van der Waals surface area contributed by atoms with Crippen LogP contribution in [-0.2, 0) is 6.42 Å². The van der Waals surface area contributed by atoms with Crippen molar-refractivity contribution in [3.05, 3.63) is 62.5 Å². The lowest BCUT2D eigenvalue weighted by Crippen LogP contribution is -2.33. The van der Waals surface area contributed by atoms with Crippen LogP contribution >= 0.6 is 31.9 Å². The molecule has 0 amide bonds. The molecule has 0 heterocycles. The third-order valence-electron chi connectivity index (χ3n) is 3.56. The molecule has 2 rings (SSSR count). The molecule has 0 aliphatic heterocycles. The lowest BCUT2D eigenvalue weighted by atomic mass is 9.99. The number of halogens is 6. The predicted molar refractivity (Wildman–Crippen MR) is 105 cm³/mol. The SMILES string of the molecule is CN.NC(CCc1c(Br)cccc1Br)c1cccc(OC(F)(F)C(F)F)c1. The summed E-state index contributed by atoms with van der Waals surface area (Å²) in [7, 11) is 1.50. The summed E-state index contributed by atoms with van der Waals surface area (Å²) in [5.41, 5.74) is 12.2. The molecule has 1 atom stereocenters. The smallest absolute Gasteiger partial charge is 0.428 e. The zero-order chi connectivity index (χ0) is 20.6. The summed E-state index contributed by atoms with van der Waals surface area (Å²) in [5, 5.41) is 0. The molecule has 4 N–H and O–H groups in total. The lowest BCUT2D eigenvalue weighted by molar-refractivity contribution is -0.253. The fourth-order valence-electron chi connectivity index (χ4n) is 2.25. The molecule has 0 bridgehead atoms. The summed E-state index contributed by atoms with van der Waals surface area (Å²) in [6, 6.07) is 10.8. The van der Waals surface area contributed by atoms with Crippen LogP contribution in [-0.4, -0.2) is 19.6 Å². The van der Waals surface area contributed by atoms with Crippen molar-refractivity contribution in [2.75, 3.05) is 7.05 Å². The van der Waals surface area contributed by atoms with Crippen molar-refractivity contribution in [2.45, 2.75) is 31.4 Å². The van der Waals surface area contributed by atoms with Crippen LogP contribution in [0.25, 0.3) is 0 Å². The Morgan fingerprint density at radius 3 is 2.15 bits per heavy atom. The fraction of sp³-hybridized carbons (Fsp3) is 0.333. The van der Waals surface area contributed by atoms with Crippen LogP contribution in [0, 0.1) is 0 Å². The largest absolute Gasteiger partial charge is 0.461 e. The first-order chi connectivity index (χ1) is 12.7. The van der Waals surface area contributed by atoms with Gasteiger partial charge in [-0.3, -0.25) is 0 Å². The first-order valence-corrected chi connectivity index (χ1v) is 9.50. The molecule has 9 heteroatoms. The van der Waals surface area contributed by atoms with E-state index in [-0.39, 0.29) is 5.75 Å². The number of nitrogens with two attached hydrogens (primary N) is 2. The van der Waals surface area contributed by atoms with Gasteiger partial charge in [0.25, 0.3) is 0 Å². The molecule has 0 radical (unpaired) electrons. The number of rotatable bonds is 7. The zero-order valence-electron chi connectivity index (χ0n) is 14.4. The number of alkyl halides is 4. The Balaban J connectivity index is 0.00000176. The highest BCUT2D eigenvalue weighted by Gasteiger charge is 2.44. The summed E-state index contributed by atoms with van der Waals surface area (Å²) < 4.78 is 56.5. The molecule has 150 valence electrons. The summed E-state index contributed by atoms with van der Waals surface area (Å²) in [6.45, 7) is 0. The third kappa shape index (κ3) is 7.06. The van der Waals surface area contributed by atoms with Gasteiger partial charge < -0.3 is 16.2 Å². The normalized spacial score (nSPS) is 12.4. The third-order valence-corrected chi connectivity index (χ3v) is 5.05. The Bertz CT molecular complexity index is 712. The maximum Gasteiger partial charge on any atom is 0.461 e. The molecule has 0 fully saturated rings. The molecule has 2 aromatic rings. The van der Waals surface area contributed by atoms with Crippen molar-refractivity contribution in [1.29, 1.82) is 0 Å². The number of hydrogen-bond acceptors (Lipinski definition) is 3. The van der Waals surface area contributed by atoms with Gasteiger partial charge >= 0.3 is 12.5 Å². The maximum atomic E-state index is 13.0. The standard InChI is InChI=1S/C17H15Br2F4NO.CH5N/c18-13-5-2-6-14(19)12(13)7-8-15(24)10-3-1-4-11(9-10)25-17(22,23)16(20)21;1-2/h1-6,9,15-16H,7-8,24H2;2H2,1H3. The minimum atomic E-state index is -4.54. The quantitative estimate of drug-likeness (QED) is 0.468. The summed E-state index contributed by atoms with van der Waals surface area (Å²) in [4.78, 5) is 0. The van der Waals surface area contributed by atoms with E-state index in [9.17, 15) is 17.6 Å². The van der Waals surface area contributed by atoms with Crippen molar-refractivity contribution in [3.8, 4) is 5.75 Å². The van der Waals surface area contributed by atoms with E-state index in [1.807, 2.05) is 18.2 Å². The molecule has 0 aliphatic carbocycles. The molecule has 3 nitrogen and oxygen atoms in total. The van der Waals surface area contributed by atoms with Crippen molar-refractivity contribution < 1.29 is 22.3 Å². The van der Waals surface area contributed by atoms with Gasteiger partial charge in [0, 0.05) is 15.0 Å². The Kier molecular flexibility index (Phi) is 9.72. The van der Waals surface area contributed by atoms with E-state index in [1.165, 1.54) is 25.2 Å². The molecule has 0 saturated heterocycles. The van der Waals surface area contributed by atoms with Gasteiger partial charge in [-0.2, -0.15) is 17.6 Å². The second-order valence-corrected chi connectivity index (χ2v) is 7.09. The van der Waals surface area contributed by atoms with Crippen molar-refractivity contribution in [1.82, 2.24) is 0 Å². The van der Waals surface area contributed by atoms with Crippen molar-refractivity contribution >= 4 is 31.9 Å². The topological polar surface area (TPSA) is 61.3 Å². The van der Waals surface area contributed by atoms with Crippen molar-refractivity contribution in [3.63, 3.8) is 0 Å². The van der Waals surface area contributed by atoms with Gasteiger partial charge in [-0.05, 0) is 55.3 Å². The highest BCUT2D eigenvalue weighted by Crippen LogP contribution is 2.31. The van der Waals surface area contributed by atoms with Crippen LogP contribution in [0.4, 0.5) is 17.6 Å². The lowest BCUT2D eigenvalue weighted by Gasteiger charge is -2.19. The van der Waals surface area contributed by atoms with Gasteiger partial charge in [0.05, 0.1) is 0 Å². The molecule has 0 spiro atoms. The van der Waals surface area contributed by atoms with Gasteiger partial charge in [-0.15, -0.1) is 0 Å². The Morgan fingerprint density at radius 1 is 1.04 bits per heavy atom. The second-order valence-electron chi connectivity index (χ2n) is 5.38. The highest BCUT2D eigenvalue weighted by atomic mass is 79.9. The van der Waals surface area contributed by atoms with Crippen molar-refractivity contribution in [2.24, 2.45) is 11.5 Å². The molecular formula is C18H20Br2F4N2O. The molecule has 27 heavy (non-hydrogen) atoms. The number of benzene rings is 2. The first-order valence-electron chi connectivity index (χ1n) is 7.92. The second kappa shape index (κ2) is 11.0. The van der Waals surface area contributed by atoms with Crippen LogP contribution in [0.2, 0.25) is 0 Å². The monoisotopic (exact) mass is 514 g/mol. The number of ether oxygens (including phenoxy) is 1. The van der Waals surface area contributed by atoms with Gasteiger partial charge in [-0.1, -0.05) is 50.1 Å². The molecular weight excluding hydrogens is 496 g/mol. The average Bonchev–Trinajstić information content (AvgIpc) is 2.62.